The minimum atomic E-state index is -0.961. The van der Waals surface area contributed by atoms with Crippen LogP contribution in [0.5, 0.6) is 0 Å². The topological polar surface area (TPSA) is 53.5 Å². The SMILES string of the molecule is CCCC1CCC(NC(=NC)NCCS(=O)c2ccccc2)CC1.I. The summed E-state index contributed by atoms with van der Waals surface area (Å²) in [5.41, 5.74) is 0. The smallest absolute Gasteiger partial charge is 0.191 e. The van der Waals surface area contributed by atoms with E-state index >= 15 is 0 Å². The highest BCUT2D eigenvalue weighted by Gasteiger charge is 2.21. The van der Waals surface area contributed by atoms with Gasteiger partial charge in [-0.05, 0) is 43.7 Å². The molecule has 0 amide bonds. The molecule has 0 saturated heterocycles. The number of nitrogens with one attached hydrogen (secondary N) is 2. The van der Waals surface area contributed by atoms with E-state index < -0.39 is 10.8 Å². The van der Waals surface area contributed by atoms with E-state index in [2.05, 4.69) is 22.5 Å². The average molecular weight is 477 g/mol. The van der Waals surface area contributed by atoms with Crippen molar-refractivity contribution in [3.05, 3.63) is 30.3 Å². The van der Waals surface area contributed by atoms with Crippen LogP contribution in [0.25, 0.3) is 0 Å². The van der Waals surface area contributed by atoms with Gasteiger partial charge in [-0.25, -0.2) is 0 Å². The first-order valence-electron chi connectivity index (χ1n) is 9.13. The van der Waals surface area contributed by atoms with Gasteiger partial charge in [0.15, 0.2) is 5.96 Å². The maximum Gasteiger partial charge on any atom is 0.191 e. The monoisotopic (exact) mass is 477 g/mol. The zero-order valence-corrected chi connectivity index (χ0v) is 18.5. The van der Waals surface area contributed by atoms with E-state index in [4.69, 9.17) is 0 Å². The lowest BCUT2D eigenvalue weighted by molar-refractivity contribution is 0.295. The van der Waals surface area contributed by atoms with Gasteiger partial charge in [0.25, 0.3) is 0 Å². The van der Waals surface area contributed by atoms with Crippen LogP contribution in [0.1, 0.15) is 45.4 Å². The normalized spacial score (nSPS) is 21.9. The summed E-state index contributed by atoms with van der Waals surface area (Å²) < 4.78 is 12.2. The summed E-state index contributed by atoms with van der Waals surface area (Å²) in [6, 6.07) is 10.1. The lowest BCUT2D eigenvalue weighted by Crippen LogP contribution is -2.45. The zero-order valence-electron chi connectivity index (χ0n) is 15.4. The largest absolute Gasteiger partial charge is 0.355 e. The first-order chi connectivity index (χ1) is 11.7. The van der Waals surface area contributed by atoms with Crippen LogP contribution in [-0.4, -0.2) is 35.6 Å². The first-order valence-corrected chi connectivity index (χ1v) is 10.5. The van der Waals surface area contributed by atoms with Crippen LogP contribution in [0.15, 0.2) is 40.2 Å². The van der Waals surface area contributed by atoms with Gasteiger partial charge in [0.05, 0.1) is 10.8 Å². The van der Waals surface area contributed by atoms with E-state index in [1.807, 2.05) is 30.3 Å². The molecule has 6 heteroatoms. The Kier molecular flexibility index (Phi) is 11.4. The fourth-order valence-electron chi connectivity index (χ4n) is 3.34. The average Bonchev–Trinajstić information content (AvgIpc) is 2.63. The van der Waals surface area contributed by atoms with Gasteiger partial charge >= 0.3 is 0 Å². The van der Waals surface area contributed by atoms with Gasteiger partial charge in [0, 0.05) is 30.3 Å². The molecular formula is C19H32IN3OS. The number of nitrogens with zero attached hydrogens (tertiary/aromatic N) is 1. The summed E-state index contributed by atoms with van der Waals surface area (Å²) in [6.45, 7) is 2.93. The molecule has 0 aliphatic heterocycles. The van der Waals surface area contributed by atoms with Crippen molar-refractivity contribution in [3.8, 4) is 0 Å². The maximum absolute atomic E-state index is 12.2. The molecule has 0 spiro atoms. The maximum atomic E-state index is 12.2. The molecule has 25 heavy (non-hydrogen) atoms. The number of benzene rings is 1. The Hall–Kier alpha value is -0.630. The fourth-order valence-corrected chi connectivity index (χ4v) is 4.33. The third-order valence-electron chi connectivity index (χ3n) is 4.69. The molecule has 2 rings (SSSR count). The van der Waals surface area contributed by atoms with E-state index in [0.29, 0.717) is 18.3 Å². The first kappa shape index (κ1) is 22.4. The van der Waals surface area contributed by atoms with E-state index in [-0.39, 0.29) is 24.0 Å². The summed E-state index contributed by atoms with van der Waals surface area (Å²) in [6.07, 6.45) is 7.75. The van der Waals surface area contributed by atoms with E-state index in [9.17, 15) is 4.21 Å². The highest BCUT2D eigenvalue weighted by Crippen LogP contribution is 2.27. The molecule has 4 nitrogen and oxygen atoms in total. The highest BCUT2D eigenvalue weighted by atomic mass is 127. The third kappa shape index (κ3) is 8.07. The summed E-state index contributed by atoms with van der Waals surface area (Å²) in [7, 11) is 0.837. The molecule has 0 aromatic heterocycles. The number of halogens is 1. The molecule has 0 bridgehead atoms. The second-order valence-electron chi connectivity index (χ2n) is 6.51. The Bertz CT molecular complexity index is 531. The highest BCUT2D eigenvalue weighted by molar-refractivity contribution is 14.0. The molecule has 1 saturated carbocycles. The second-order valence-corrected chi connectivity index (χ2v) is 8.08. The number of aliphatic imine (C=N–C) groups is 1. The fraction of sp³-hybridized carbons (Fsp3) is 0.632. The third-order valence-corrected chi connectivity index (χ3v) is 6.07. The lowest BCUT2D eigenvalue weighted by Gasteiger charge is -2.30. The number of hydrogen-bond donors (Lipinski definition) is 2. The van der Waals surface area contributed by atoms with Crippen molar-refractivity contribution >= 4 is 40.7 Å². The number of rotatable bonds is 7. The molecule has 1 atom stereocenters. The van der Waals surface area contributed by atoms with Crippen molar-refractivity contribution < 1.29 is 4.21 Å². The summed E-state index contributed by atoms with van der Waals surface area (Å²) in [5.74, 6) is 2.34. The number of guanidine groups is 1. The van der Waals surface area contributed by atoms with Crippen LogP contribution < -0.4 is 10.6 Å². The van der Waals surface area contributed by atoms with Gasteiger partial charge < -0.3 is 10.6 Å². The van der Waals surface area contributed by atoms with Crippen LogP contribution >= 0.6 is 24.0 Å². The van der Waals surface area contributed by atoms with Gasteiger partial charge in [-0.3, -0.25) is 9.20 Å². The molecule has 1 fully saturated rings. The van der Waals surface area contributed by atoms with Crippen molar-refractivity contribution in [2.45, 2.75) is 56.4 Å². The van der Waals surface area contributed by atoms with Gasteiger partial charge in [-0.1, -0.05) is 38.0 Å². The quantitative estimate of drug-likeness (QED) is 0.356. The van der Waals surface area contributed by atoms with Crippen LogP contribution in [0.2, 0.25) is 0 Å². The Morgan fingerprint density at radius 2 is 1.88 bits per heavy atom. The summed E-state index contributed by atoms with van der Waals surface area (Å²) in [4.78, 5) is 5.19. The van der Waals surface area contributed by atoms with E-state index in [1.54, 1.807) is 7.05 Å². The van der Waals surface area contributed by atoms with Gasteiger partial charge in [-0.15, -0.1) is 24.0 Å². The van der Waals surface area contributed by atoms with Crippen LogP contribution in [0, 0.1) is 5.92 Å². The minimum Gasteiger partial charge on any atom is -0.355 e. The predicted octanol–water partition coefficient (Wildman–Crippen LogP) is 3.94. The number of hydrogen-bond acceptors (Lipinski definition) is 2. The molecule has 0 radical (unpaired) electrons. The minimum absolute atomic E-state index is 0. The lowest BCUT2D eigenvalue weighted by atomic mass is 9.83. The molecule has 0 heterocycles. The Morgan fingerprint density at radius 1 is 1.20 bits per heavy atom. The van der Waals surface area contributed by atoms with Crippen molar-refractivity contribution in [1.82, 2.24) is 10.6 Å². The van der Waals surface area contributed by atoms with Crippen LogP contribution in [-0.2, 0) is 10.8 Å². The molecule has 142 valence electrons. The van der Waals surface area contributed by atoms with Crippen molar-refractivity contribution in [2.24, 2.45) is 10.9 Å². The van der Waals surface area contributed by atoms with E-state index in [0.717, 1.165) is 16.8 Å². The standard InChI is InChI=1S/C19H31N3OS.HI/c1-3-7-16-10-12-17(13-11-16)22-19(20-2)21-14-15-24(23)18-8-5-4-6-9-18;/h4-6,8-9,16-17H,3,7,10-15H2,1-2H3,(H2,20,21,22);1H. The second kappa shape index (κ2) is 12.7. The van der Waals surface area contributed by atoms with Crippen molar-refractivity contribution in [1.29, 1.82) is 0 Å². The Balaban J connectivity index is 0.00000312. The zero-order chi connectivity index (χ0) is 17.2. The van der Waals surface area contributed by atoms with Crippen LogP contribution in [0.4, 0.5) is 0 Å². The molecular weight excluding hydrogens is 445 g/mol. The molecule has 1 unspecified atom stereocenters. The molecule has 2 N–H and O–H groups in total. The molecule has 1 aliphatic rings. The van der Waals surface area contributed by atoms with Gasteiger partial charge in [-0.2, -0.15) is 0 Å². The predicted molar refractivity (Wildman–Crippen MR) is 118 cm³/mol. The molecule has 1 aliphatic carbocycles. The van der Waals surface area contributed by atoms with Gasteiger partial charge in [0.1, 0.15) is 0 Å². The summed E-state index contributed by atoms with van der Waals surface area (Å²) in [5, 5.41) is 6.82. The molecule has 1 aromatic carbocycles. The van der Waals surface area contributed by atoms with Gasteiger partial charge in [0.2, 0.25) is 0 Å². The van der Waals surface area contributed by atoms with E-state index in [1.165, 1.54) is 38.5 Å². The van der Waals surface area contributed by atoms with Crippen molar-refractivity contribution in [2.75, 3.05) is 19.3 Å². The van der Waals surface area contributed by atoms with Crippen LogP contribution in [0.3, 0.4) is 0 Å². The Morgan fingerprint density at radius 3 is 2.48 bits per heavy atom. The summed E-state index contributed by atoms with van der Waals surface area (Å²) >= 11 is 0. The van der Waals surface area contributed by atoms with Crippen molar-refractivity contribution in [3.63, 3.8) is 0 Å². The molecule has 1 aromatic rings. The Labute approximate surface area is 172 Å².